The molecule has 0 bridgehead atoms. The number of carbonyl (C=O) groups is 1. The van der Waals surface area contributed by atoms with Gasteiger partial charge in [0.15, 0.2) is 0 Å². The third-order valence-electron chi connectivity index (χ3n) is 5.39. The van der Waals surface area contributed by atoms with E-state index in [1.165, 1.54) is 0 Å². The van der Waals surface area contributed by atoms with Crippen molar-refractivity contribution in [2.75, 3.05) is 49.6 Å². The molecule has 27 heavy (non-hydrogen) atoms. The molecule has 1 N–H and O–H groups in total. The lowest BCUT2D eigenvalue weighted by Crippen LogP contribution is -2.49. The summed E-state index contributed by atoms with van der Waals surface area (Å²) < 4.78 is 5.46. The fourth-order valence-electron chi connectivity index (χ4n) is 3.86. The number of rotatable bonds is 4. The molecule has 0 radical (unpaired) electrons. The zero-order valence-corrected chi connectivity index (χ0v) is 15.5. The number of nitrogens with zero attached hydrogens (tertiary/aromatic N) is 3. The molecule has 1 aromatic heterocycles. The highest BCUT2D eigenvalue weighted by atomic mass is 16.5. The fraction of sp³-hybridized carbons (Fsp3) is 0.429. The van der Waals surface area contributed by atoms with Crippen molar-refractivity contribution in [3.63, 3.8) is 0 Å². The van der Waals surface area contributed by atoms with Gasteiger partial charge in [-0.05, 0) is 37.1 Å². The Balaban J connectivity index is 1.37. The molecular formula is C21H26N4O2. The number of aromatic nitrogens is 1. The van der Waals surface area contributed by atoms with Gasteiger partial charge in [-0.25, -0.2) is 4.98 Å². The summed E-state index contributed by atoms with van der Waals surface area (Å²) in [6.07, 6.45) is 3.98. The van der Waals surface area contributed by atoms with Gasteiger partial charge in [-0.2, -0.15) is 0 Å². The summed E-state index contributed by atoms with van der Waals surface area (Å²) in [7, 11) is 0. The number of piperidine rings is 1. The zero-order valence-electron chi connectivity index (χ0n) is 15.5. The molecule has 0 spiro atoms. The lowest BCUT2D eigenvalue weighted by Gasteiger charge is -2.40. The van der Waals surface area contributed by atoms with Crippen LogP contribution in [0.25, 0.3) is 0 Å². The highest BCUT2D eigenvalue weighted by molar-refractivity contribution is 6.04. The van der Waals surface area contributed by atoms with Gasteiger partial charge >= 0.3 is 0 Å². The second kappa shape index (κ2) is 8.50. The van der Waals surface area contributed by atoms with Crippen LogP contribution in [0.2, 0.25) is 0 Å². The van der Waals surface area contributed by atoms with E-state index in [0.717, 1.165) is 63.7 Å². The van der Waals surface area contributed by atoms with Crippen LogP contribution in [0.15, 0.2) is 48.7 Å². The molecule has 2 saturated heterocycles. The minimum Gasteiger partial charge on any atom is -0.379 e. The molecule has 2 fully saturated rings. The van der Waals surface area contributed by atoms with Gasteiger partial charge in [0.2, 0.25) is 0 Å². The van der Waals surface area contributed by atoms with E-state index in [-0.39, 0.29) is 5.91 Å². The molecule has 2 aromatic rings. The number of hydrogen-bond donors (Lipinski definition) is 1. The number of benzene rings is 1. The predicted molar refractivity (Wildman–Crippen MR) is 106 cm³/mol. The van der Waals surface area contributed by atoms with E-state index < -0.39 is 0 Å². The molecule has 0 atom stereocenters. The molecule has 142 valence electrons. The van der Waals surface area contributed by atoms with E-state index in [1.807, 2.05) is 36.4 Å². The van der Waals surface area contributed by atoms with Crippen molar-refractivity contribution in [1.82, 2.24) is 9.88 Å². The number of pyridine rings is 1. The van der Waals surface area contributed by atoms with E-state index in [0.29, 0.717) is 11.6 Å². The van der Waals surface area contributed by atoms with Crippen LogP contribution in [0.3, 0.4) is 0 Å². The number of nitrogens with one attached hydrogen (secondary N) is 1. The van der Waals surface area contributed by atoms with E-state index in [2.05, 4.69) is 20.1 Å². The van der Waals surface area contributed by atoms with Crippen molar-refractivity contribution in [2.24, 2.45) is 0 Å². The Morgan fingerprint density at radius 2 is 1.78 bits per heavy atom. The molecule has 0 aliphatic carbocycles. The molecule has 1 amide bonds. The summed E-state index contributed by atoms with van der Waals surface area (Å²) in [5, 5.41) is 2.93. The van der Waals surface area contributed by atoms with Crippen LogP contribution < -0.4 is 10.2 Å². The predicted octanol–water partition coefficient (Wildman–Crippen LogP) is 2.63. The average molecular weight is 366 g/mol. The molecule has 2 aliphatic heterocycles. The van der Waals surface area contributed by atoms with Gasteiger partial charge in [-0.1, -0.05) is 18.2 Å². The first-order valence-electron chi connectivity index (χ1n) is 9.69. The third-order valence-corrected chi connectivity index (χ3v) is 5.39. The summed E-state index contributed by atoms with van der Waals surface area (Å²) in [5.41, 5.74) is 1.44. The topological polar surface area (TPSA) is 57.7 Å². The summed E-state index contributed by atoms with van der Waals surface area (Å²) >= 11 is 0. The lowest BCUT2D eigenvalue weighted by atomic mass is 10.0. The number of morpholine rings is 1. The Morgan fingerprint density at radius 3 is 2.52 bits per heavy atom. The first-order chi connectivity index (χ1) is 13.3. The monoisotopic (exact) mass is 366 g/mol. The van der Waals surface area contributed by atoms with Crippen molar-refractivity contribution in [3.8, 4) is 0 Å². The van der Waals surface area contributed by atoms with Crippen molar-refractivity contribution < 1.29 is 9.53 Å². The van der Waals surface area contributed by atoms with Crippen LogP contribution in [0, 0.1) is 0 Å². The summed E-state index contributed by atoms with van der Waals surface area (Å²) in [5.74, 6) is 0.782. The second-order valence-corrected chi connectivity index (χ2v) is 7.09. The van der Waals surface area contributed by atoms with Crippen molar-refractivity contribution >= 4 is 17.4 Å². The molecule has 6 heteroatoms. The normalized spacial score (nSPS) is 19.0. The molecule has 0 unspecified atom stereocenters. The van der Waals surface area contributed by atoms with Crippen LogP contribution in [0.4, 0.5) is 11.5 Å². The average Bonchev–Trinajstić information content (AvgIpc) is 2.75. The number of anilines is 2. The Labute approximate surface area is 160 Å². The number of para-hydroxylation sites is 1. The van der Waals surface area contributed by atoms with Crippen LogP contribution in [0.1, 0.15) is 23.2 Å². The molecule has 2 aliphatic rings. The van der Waals surface area contributed by atoms with E-state index in [9.17, 15) is 4.79 Å². The first kappa shape index (κ1) is 17.9. The number of ether oxygens (including phenoxy) is 1. The van der Waals surface area contributed by atoms with Gasteiger partial charge in [-0.15, -0.1) is 0 Å². The van der Waals surface area contributed by atoms with E-state index >= 15 is 0 Å². The molecular weight excluding hydrogens is 340 g/mol. The SMILES string of the molecule is O=C(Nc1ccccc1)c1ccnc(N2CCC(N3CCOCC3)CC2)c1. The summed E-state index contributed by atoms with van der Waals surface area (Å²) in [6.45, 7) is 5.72. The summed E-state index contributed by atoms with van der Waals surface area (Å²) in [6, 6.07) is 13.8. The van der Waals surface area contributed by atoms with Crippen LogP contribution >= 0.6 is 0 Å². The standard InChI is InChI=1S/C21H26N4O2/c26-21(23-18-4-2-1-3-5-18)17-6-9-22-20(16-17)25-10-7-19(8-11-25)24-12-14-27-15-13-24/h1-6,9,16,19H,7-8,10-15H2,(H,23,26). The van der Waals surface area contributed by atoms with E-state index in [1.54, 1.807) is 12.3 Å². The minimum atomic E-state index is -0.104. The molecule has 0 saturated carbocycles. The van der Waals surface area contributed by atoms with Crippen LogP contribution in [-0.4, -0.2) is 61.2 Å². The first-order valence-corrected chi connectivity index (χ1v) is 9.69. The zero-order chi connectivity index (χ0) is 18.5. The third kappa shape index (κ3) is 4.46. The smallest absolute Gasteiger partial charge is 0.255 e. The lowest BCUT2D eigenvalue weighted by molar-refractivity contribution is 0.0115. The van der Waals surface area contributed by atoms with Gasteiger partial charge in [0, 0.05) is 49.7 Å². The van der Waals surface area contributed by atoms with Gasteiger partial charge in [0.05, 0.1) is 13.2 Å². The van der Waals surface area contributed by atoms with Crippen molar-refractivity contribution in [1.29, 1.82) is 0 Å². The largest absolute Gasteiger partial charge is 0.379 e. The van der Waals surface area contributed by atoms with Gasteiger partial charge in [0.25, 0.3) is 5.91 Å². The Kier molecular flexibility index (Phi) is 5.65. The number of carbonyl (C=O) groups excluding carboxylic acids is 1. The maximum atomic E-state index is 12.5. The Hall–Kier alpha value is -2.44. The molecule has 3 heterocycles. The molecule has 4 rings (SSSR count). The van der Waals surface area contributed by atoms with Gasteiger partial charge < -0.3 is 15.0 Å². The van der Waals surface area contributed by atoms with Crippen molar-refractivity contribution in [3.05, 3.63) is 54.2 Å². The number of amides is 1. The summed E-state index contributed by atoms with van der Waals surface area (Å²) in [4.78, 5) is 21.9. The van der Waals surface area contributed by atoms with Crippen molar-refractivity contribution in [2.45, 2.75) is 18.9 Å². The number of hydrogen-bond acceptors (Lipinski definition) is 5. The van der Waals surface area contributed by atoms with Gasteiger partial charge in [0.1, 0.15) is 5.82 Å². The van der Waals surface area contributed by atoms with E-state index in [4.69, 9.17) is 4.74 Å². The highest BCUT2D eigenvalue weighted by Gasteiger charge is 2.26. The Morgan fingerprint density at radius 1 is 1.04 bits per heavy atom. The van der Waals surface area contributed by atoms with Crippen LogP contribution in [-0.2, 0) is 4.74 Å². The van der Waals surface area contributed by atoms with Gasteiger partial charge in [-0.3, -0.25) is 9.69 Å². The molecule has 6 nitrogen and oxygen atoms in total. The maximum absolute atomic E-state index is 12.5. The maximum Gasteiger partial charge on any atom is 0.255 e. The van der Waals surface area contributed by atoms with Crippen LogP contribution in [0.5, 0.6) is 0 Å². The fourth-order valence-corrected chi connectivity index (χ4v) is 3.86. The molecule has 1 aromatic carbocycles. The minimum absolute atomic E-state index is 0.104. The quantitative estimate of drug-likeness (QED) is 0.901. The Bertz CT molecular complexity index is 754. The second-order valence-electron chi connectivity index (χ2n) is 7.09. The highest BCUT2D eigenvalue weighted by Crippen LogP contribution is 2.22.